The summed E-state index contributed by atoms with van der Waals surface area (Å²) in [5.41, 5.74) is 6.11. The quantitative estimate of drug-likeness (QED) is 0.492. The molecule has 3 aromatic carbocycles. The first-order valence-electron chi connectivity index (χ1n) is 10.8. The molecule has 0 aliphatic carbocycles. The van der Waals surface area contributed by atoms with Gasteiger partial charge in [-0.1, -0.05) is 70.2 Å². The first kappa shape index (κ1) is 21.0. The molecule has 0 bridgehead atoms. The van der Waals surface area contributed by atoms with Crippen LogP contribution >= 0.6 is 0 Å². The Labute approximate surface area is 184 Å². The molecule has 1 heterocycles. The second kappa shape index (κ2) is 8.10. The molecule has 3 aromatic rings. The van der Waals surface area contributed by atoms with Crippen molar-refractivity contribution < 1.29 is 9.90 Å². The molecule has 4 nitrogen and oxygen atoms in total. The molecule has 1 aliphatic heterocycles. The molecule has 0 saturated carbocycles. The van der Waals surface area contributed by atoms with E-state index in [2.05, 4.69) is 62.9 Å². The molecule has 0 atom stereocenters. The summed E-state index contributed by atoms with van der Waals surface area (Å²) in [6.45, 7) is 10.5. The maximum Gasteiger partial charge on any atom is 0.416 e. The lowest BCUT2D eigenvalue weighted by atomic mass is 9.86. The second-order valence-corrected chi connectivity index (χ2v) is 9.29. The van der Waals surface area contributed by atoms with Crippen molar-refractivity contribution in [1.82, 2.24) is 0 Å². The van der Waals surface area contributed by atoms with Gasteiger partial charge in [-0.25, -0.2) is 9.69 Å². The minimum absolute atomic E-state index is 0.0637. The predicted molar refractivity (Wildman–Crippen MR) is 128 cm³/mol. The normalized spacial score (nSPS) is 14.5. The Morgan fingerprint density at radius 3 is 2.26 bits per heavy atom. The van der Waals surface area contributed by atoms with E-state index in [9.17, 15) is 9.90 Å². The lowest BCUT2D eigenvalue weighted by molar-refractivity contribution is 0.205. The number of amides is 1. The SMILES string of the molecule is CC(C)c1ccc(N(C(=O)O)c2ccc3c(c2)C(C)(C)CN3Cc2ccccc2)cc1. The van der Waals surface area contributed by atoms with Gasteiger partial charge in [-0.2, -0.15) is 0 Å². The third kappa shape index (κ3) is 4.15. The van der Waals surface area contributed by atoms with Crippen molar-refractivity contribution in [3.8, 4) is 0 Å². The minimum Gasteiger partial charge on any atom is -0.464 e. The summed E-state index contributed by atoms with van der Waals surface area (Å²) < 4.78 is 0. The van der Waals surface area contributed by atoms with E-state index in [1.165, 1.54) is 27.3 Å². The topological polar surface area (TPSA) is 43.8 Å². The van der Waals surface area contributed by atoms with Crippen LogP contribution < -0.4 is 9.80 Å². The van der Waals surface area contributed by atoms with Gasteiger partial charge in [-0.05, 0) is 52.9 Å². The smallest absolute Gasteiger partial charge is 0.416 e. The Bertz CT molecular complexity index is 1070. The predicted octanol–water partition coefficient (Wildman–Crippen LogP) is 6.92. The zero-order valence-corrected chi connectivity index (χ0v) is 18.7. The number of benzene rings is 3. The van der Waals surface area contributed by atoms with Gasteiger partial charge in [0, 0.05) is 24.2 Å². The van der Waals surface area contributed by atoms with E-state index in [-0.39, 0.29) is 5.41 Å². The van der Waals surface area contributed by atoms with Crippen LogP contribution in [0.4, 0.5) is 21.9 Å². The van der Waals surface area contributed by atoms with Crippen molar-refractivity contribution >= 4 is 23.2 Å². The molecule has 0 unspecified atom stereocenters. The Morgan fingerprint density at radius 2 is 1.65 bits per heavy atom. The molecule has 4 rings (SSSR count). The number of carboxylic acid groups (broad SMARTS) is 1. The molecule has 31 heavy (non-hydrogen) atoms. The van der Waals surface area contributed by atoms with E-state index in [0.717, 1.165) is 13.1 Å². The maximum atomic E-state index is 12.2. The molecule has 0 spiro atoms. The molecule has 0 fully saturated rings. The van der Waals surface area contributed by atoms with Crippen LogP contribution in [0.1, 0.15) is 50.3 Å². The van der Waals surface area contributed by atoms with Crippen LogP contribution in [-0.4, -0.2) is 17.7 Å². The molecule has 160 valence electrons. The van der Waals surface area contributed by atoms with Crippen LogP contribution in [0.5, 0.6) is 0 Å². The monoisotopic (exact) mass is 414 g/mol. The summed E-state index contributed by atoms with van der Waals surface area (Å²) in [5.74, 6) is 0.406. The summed E-state index contributed by atoms with van der Waals surface area (Å²) in [7, 11) is 0. The standard InChI is InChI=1S/C27H30N2O2/c1-19(2)21-10-12-22(13-11-21)29(26(30)31)23-14-15-25-24(16-23)27(3,4)18-28(25)17-20-8-6-5-7-9-20/h5-16,19H,17-18H2,1-4H3,(H,30,31). The number of nitrogens with zero attached hydrogens (tertiary/aromatic N) is 2. The van der Waals surface area contributed by atoms with Crippen molar-refractivity contribution in [3.05, 3.63) is 89.5 Å². The van der Waals surface area contributed by atoms with E-state index >= 15 is 0 Å². The van der Waals surface area contributed by atoms with Crippen LogP contribution in [0.15, 0.2) is 72.8 Å². The molecule has 1 aliphatic rings. The number of rotatable bonds is 5. The Kier molecular flexibility index (Phi) is 5.48. The van der Waals surface area contributed by atoms with Gasteiger partial charge in [0.1, 0.15) is 0 Å². The molecule has 1 amide bonds. The zero-order chi connectivity index (χ0) is 22.2. The highest BCUT2D eigenvalue weighted by molar-refractivity contribution is 5.95. The highest BCUT2D eigenvalue weighted by Crippen LogP contribution is 2.43. The van der Waals surface area contributed by atoms with Gasteiger partial charge in [-0.3, -0.25) is 0 Å². The fraction of sp³-hybridized carbons (Fsp3) is 0.296. The second-order valence-electron chi connectivity index (χ2n) is 9.29. The molecule has 4 heteroatoms. The first-order chi connectivity index (χ1) is 14.8. The van der Waals surface area contributed by atoms with Crippen LogP contribution in [0, 0.1) is 0 Å². The molecular formula is C27H30N2O2. The molecule has 0 saturated heterocycles. The number of hydrogen-bond donors (Lipinski definition) is 1. The van der Waals surface area contributed by atoms with Crippen molar-refractivity contribution in [2.75, 3.05) is 16.3 Å². The number of carbonyl (C=O) groups is 1. The highest BCUT2D eigenvalue weighted by Gasteiger charge is 2.36. The van der Waals surface area contributed by atoms with Crippen molar-refractivity contribution in [2.45, 2.75) is 45.6 Å². The average Bonchev–Trinajstić information content (AvgIpc) is 2.98. The van der Waals surface area contributed by atoms with E-state index in [0.29, 0.717) is 17.3 Å². The molecule has 0 radical (unpaired) electrons. The maximum absolute atomic E-state index is 12.2. The summed E-state index contributed by atoms with van der Waals surface area (Å²) in [6.07, 6.45) is -0.978. The first-order valence-corrected chi connectivity index (χ1v) is 10.8. The van der Waals surface area contributed by atoms with E-state index < -0.39 is 6.09 Å². The number of anilines is 3. The molecule has 1 N–H and O–H groups in total. The van der Waals surface area contributed by atoms with E-state index in [1.54, 1.807) is 0 Å². The van der Waals surface area contributed by atoms with Gasteiger partial charge in [-0.15, -0.1) is 0 Å². The largest absolute Gasteiger partial charge is 0.464 e. The molecular weight excluding hydrogens is 384 g/mol. The summed E-state index contributed by atoms with van der Waals surface area (Å²) in [4.78, 5) is 16.0. The Hall–Kier alpha value is -3.27. The van der Waals surface area contributed by atoms with Gasteiger partial charge in [0.25, 0.3) is 0 Å². The Morgan fingerprint density at radius 1 is 1.00 bits per heavy atom. The van der Waals surface area contributed by atoms with Crippen molar-refractivity contribution in [1.29, 1.82) is 0 Å². The van der Waals surface area contributed by atoms with Crippen LogP contribution in [-0.2, 0) is 12.0 Å². The van der Waals surface area contributed by atoms with Crippen LogP contribution in [0.3, 0.4) is 0 Å². The number of hydrogen-bond acceptors (Lipinski definition) is 2. The number of fused-ring (bicyclic) bond motifs is 1. The zero-order valence-electron chi connectivity index (χ0n) is 18.7. The van der Waals surface area contributed by atoms with Crippen LogP contribution in [0.25, 0.3) is 0 Å². The van der Waals surface area contributed by atoms with Gasteiger partial charge >= 0.3 is 6.09 Å². The summed E-state index contributed by atoms with van der Waals surface area (Å²) in [5, 5.41) is 10.00. The summed E-state index contributed by atoms with van der Waals surface area (Å²) >= 11 is 0. The third-order valence-electron chi connectivity index (χ3n) is 6.12. The Balaban J connectivity index is 1.69. The molecule has 0 aromatic heterocycles. The fourth-order valence-electron chi connectivity index (χ4n) is 4.45. The van der Waals surface area contributed by atoms with Crippen molar-refractivity contribution in [3.63, 3.8) is 0 Å². The van der Waals surface area contributed by atoms with Gasteiger partial charge in [0.05, 0.1) is 11.4 Å². The van der Waals surface area contributed by atoms with Gasteiger partial charge in [0.15, 0.2) is 0 Å². The lowest BCUT2D eigenvalue weighted by Gasteiger charge is -2.23. The highest BCUT2D eigenvalue weighted by atomic mass is 16.4. The van der Waals surface area contributed by atoms with Gasteiger partial charge < -0.3 is 10.0 Å². The third-order valence-corrected chi connectivity index (χ3v) is 6.12. The van der Waals surface area contributed by atoms with E-state index in [1.807, 2.05) is 42.5 Å². The average molecular weight is 415 g/mol. The minimum atomic E-state index is -0.978. The van der Waals surface area contributed by atoms with Crippen molar-refractivity contribution in [2.24, 2.45) is 0 Å². The lowest BCUT2D eigenvalue weighted by Crippen LogP contribution is -2.28. The van der Waals surface area contributed by atoms with Gasteiger partial charge in [0.2, 0.25) is 0 Å². The van der Waals surface area contributed by atoms with E-state index in [4.69, 9.17) is 0 Å². The van der Waals surface area contributed by atoms with Crippen LogP contribution in [0.2, 0.25) is 0 Å². The summed E-state index contributed by atoms with van der Waals surface area (Å²) in [6, 6.07) is 24.3. The fourth-order valence-corrected chi connectivity index (χ4v) is 4.45.